The molecule has 0 radical (unpaired) electrons. The topological polar surface area (TPSA) is 46.4 Å². The van der Waals surface area contributed by atoms with Crippen LogP contribution in [0, 0.1) is 10.1 Å². The van der Waals surface area contributed by atoms with Gasteiger partial charge in [-0.1, -0.05) is 42.5 Å². The molecule has 0 bridgehead atoms. The third kappa shape index (κ3) is 3.40. The van der Waals surface area contributed by atoms with E-state index in [4.69, 9.17) is 0 Å². The van der Waals surface area contributed by atoms with Gasteiger partial charge in [-0.3, -0.25) is 10.1 Å². The summed E-state index contributed by atoms with van der Waals surface area (Å²) in [6, 6.07) is 16.9. The van der Waals surface area contributed by atoms with Crippen LogP contribution in [0.1, 0.15) is 24.0 Å². The zero-order chi connectivity index (χ0) is 15.4. The van der Waals surface area contributed by atoms with Gasteiger partial charge < -0.3 is 4.90 Å². The normalized spacial score (nSPS) is 13.5. The highest BCUT2D eigenvalue weighted by Crippen LogP contribution is 2.30. The van der Waals surface area contributed by atoms with Gasteiger partial charge in [0.2, 0.25) is 6.04 Å². The molecule has 0 aromatic heterocycles. The van der Waals surface area contributed by atoms with Gasteiger partial charge in [0.05, 0.1) is 5.92 Å². The Morgan fingerprint density at radius 2 is 1.48 bits per heavy atom. The Bertz CT molecular complexity index is 594. The summed E-state index contributed by atoms with van der Waals surface area (Å²) < 4.78 is 0. The van der Waals surface area contributed by atoms with Crippen LogP contribution in [0.2, 0.25) is 0 Å². The number of hydrogen-bond acceptors (Lipinski definition) is 3. The first-order chi connectivity index (χ1) is 10.0. The van der Waals surface area contributed by atoms with Gasteiger partial charge in [0.1, 0.15) is 0 Å². The molecule has 2 rings (SSSR count). The fourth-order valence-electron chi connectivity index (χ4n) is 2.51. The van der Waals surface area contributed by atoms with Crippen LogP contribution in [-0.2, 0) is 0 Å². The van der Waals surface area contributed by atoms with Gasteiger partial charge in [-0.05, 0) is 23.3 Å². The zero-order valence-corrected chi connectivity index (χ0v) is 12.6. The standard InChI is InChI=1S/C17H20N2O2/c1-13(19(20)21)17(14-7-5-4-6-8-14)15-9-11-16(12-10-15)18(2)3/h4-13,17H,1-3H3. The summed E-state index contributed by atoms with van der Waals surface area (Å²) in [5.74, 6) is -0.239. The zero-order valence-electron chi connectivity index (χ0n) is 12.6. The van der Waals surface area contributed by atoms with Gasteiger partial charge in [0.15, 0.2) is 0 Å². The lowest BCUT2D eigenvalue weighted by atomic mass is 9.86. The predicted molar refractivity (Wildman–Crippen MR) is 85.5 cm³/mol. The molecule has 0 fully saturated rings. The molecule has 4 nitrogen and oxygen atoms in total. The molecule has 0 spiro atoms. The lowest BCUT2D eigenvalue weighted by molar-refractivity contribution is -0.520. The number of benzene rings is 2. The van der Waals surface area contributed by atoms with E-state index in [1.54, 1.807) is 6.92 Å². The fourth-order valence-corrected chi connectivity index (χ4v) is 2.51. The maximum Gasteiger partial charge on any atom is 0.221 e. The first-order valence-electron chi connectivity index (χ1n) is 6.96. The van der Waals surface area contributed by atoms with Crippen LogP contribution < -0.4 is 4.90 Å². The number of nitro groups is 1. The maximum atomic E-state index is 11.3. The highest BCUT2D eigenvalue weighted by molar-refractivity contribution is 5.48. The quantitative estimate of drug-likeness (QED) is 0.623. The second-order valence-electron chi connectivity index (χ2n) is 5.40. The largest absolute Gasteiger partial charge is 0.378 e. The Balaban J connectivity index is 2.42. The third-order valence-corrected chi connectivity index (χ3v) is 3.74. The van der Waals surface area contributed by atoms with Crippen LogP contribution >= 0.6 is 0 Å². The molecule has 0 aliphatic carbocycles. The van der Waals surface area contributed by atoms with E-state index in [0.29, 0.717) is 0 Å². The van der Waals surface area contributed by atoms with Crippen molar-refractivity contribution >= 4 is 5.69 Å². The van der Waals surface area contributed by atoms with Crippen LogP contribution in [0.25, 0.3) is 0 Å². The number of anilines is 1. The van der Waals surface area contributed by atoms with E-state index in [0.717, 1.165) is 16.8 Å². The molecular formula is C17H20N2O2. The SMILES string of the molecule is CC(C(c1ccccc1)c1ccc(N(C)C)cc1)[N+](=O)[O-]. The van der Waals surface area contributed by atoms with Gasteiger partial charge in [0.25, 0.3) is 0 Å². The Morgan fingerprint density at radius 3 is 1.95 bits per heavy atom. The molecule has 110 valence electrons. The number of rotatable bonds is 5. The molecule has 0 saturated carbocycles. The van der Waals surface area contributed by atoms with Crippen molar-refractivity contribution in [3.05, 3.63) is 75.8 Å². The van der Waals surface area contributed by atoms with Crippen LogP contribution in [0.15, 0.2) is 54.6 Å². The molecule has 2 atom stereocenters. The lowest BCUT2D eigenvalue weighted by Gasteiger charge is -2.20. The molecule has 2 unspecified atom stereocenters. The van der Waals surface area contributed by atoms with Gasteiger partial charge in [-0.2, -0.15) is 0 Å². The maximum absolute atomic E-state index is 11.3. The average molecular weight is 284 g/mol. The van der Waals surface area contributed by atoms with Crippen molar-refractivity contribution < 1.29 is 4.92 Å². The van der Waals surface area contributed by atoms with Crippen molar-refractivity contribution in [1.29, 1.82) is 0 Å². The van der Waals surface area contributed by atoms with Crippen molar-refractivity contribution in [2.45, 2.75) is 18.9 Å². The van der Waals surface area contributed by atoms with Crippen molar-refractivity contribution in [1.82, 2.24) is 0 Å². The number of nitrogens with zero attached hydrogens (tertiary/aromatic N) is 2. The summed E-state index contributed by atoms with van der Waals surface area (Å²) in [7, 11) is 3.95. The van der Waals surface area contributed by atoms with Crippen molar-refractivity contribution in [2.75, 3.05) is 19.0 Å². The van der Waals surface area contributed by atoms with Gasteiger partial charge in [-0.15, -0.1) is 0 Å². The van der Waals surface area contributed by atoms with Gasteiger partial charge in [0, 0.05) is 31.6 Å². The number of hydrogen-bond donors (Lipinski definition) is 0. The summed E-state index contributed by atoms with van der Waals surface area (Å²) in [5.41, 5.74) is 3.02. The molecular weight excluding hydrogens is 264 g/mol. The Hall–Kier alpha value is -2.36. The van der Waals surface area contributed by atoms with Crippen molar-refractivity contribution in [3.63, 3.8) is 0 Å². The van der Waals surface area contributed by atoms with E-state index < -0.39 is 6.04 Å². The first-order valence-corrected chi connectivity index (χ1v) is 6.96. The fraction of sp³-hybridized carbons (Fsp3) is 0.294. The van der Waals surface area contributed by atoms with Crippen molar-refractivity contribution in [3.8, 4) is 0 Å². The van der Waals surface area contributed by atoms with Crippen LogP contribution in [-0.4, -0.2) is 25.1 Å². The van der Waals surface area contributed by atoms with E-state index in [2.05, 4.69) is 0 Å². The monoisotopic (exact) mass is 284 g/mol. The summed E-state index contributed by atoms with van der Waals surface area (Å²) in [6.45, 7) is 1.66. The van der Waals surface area contributed by atoms with E-state index >= 15 is 0 Å². The Morgan fingerprint density at radius 1 is 0.952 bits per heavy atom. The molecule has 0 N–H and O–H groups in total. The highest BCUT2D eigenvalue weighted by Gasteiger charge is 2.29. The van der Waals surface area contributed by atoms with Crippen molar-refractivity contribution in [2.24, 2.45) is 0 Å². The Labute approximate surface area is 125 Å². The molecule has 0 aliphatic rings. The second kappa shape index (κ2) is 6.39. The van der Waals surface area contributed by atoms with Crippen LogP contribution in [0.5, 0.6) is 0 Å². The predicted octanol–water partition coefficient (Wildman–Crippen LogP) is 3.55. The van der Waals surface area contributed by atoms with Crippen LogP contribution in [0.3, 0.4) is 0 Å². The minimum atomic E-state index is -0.669. The summed E-state index contributed by atoms with van der Waals surface area (Å²) in [4.78, 5) is 13.1. The van der Waals surface area contributed by atoms with E-state index in [1.807, 2.05) is 73.6 Å². The molecule has 2 aromatic carbocycles. The molecule has 0 aliphatic heterocycles. The lowest BCUT2D eigenvalue weighted by Crippen LogP contribution is -2.25. The highest BCUT2D eigenvalue weighted by atomic mass is 16.6. The molecule has 0 heterocycles. The van der Waals surface area contributed by atoms with Crippen LogP contribution in [0.4, 0.5) is 5.69 Å². The van der Waals surface area contributed by atoms with E-state index in [1.165, 1.54) is 0 Å². The Kier molecular flexibility index (Phi) is 4.58. The summed E-state index contributed by atoms with van der Waals surface area (Å²) in [6.07, 6.45) is 0. The summed E-state index contributed by atoms with van der Waals surface area (Å²) >= 11 is 0. The second-order valence-corrected chi connectivity index (χ2v) is 5.40. The first kappa shape index (κ1) is 15.0. The molecule has 2 aromatic rings. The van der Waals surface area contributed by atoms with Gasteiger partial charge >= 0.3 is 0 Å². The smallest absolute Gasteiger partial charge is 0.221 e. The van der Waals surface area contributed by atoms with E-state index in [9.17, 15) is 10.1 Å². The molecule has 0 saturated heterocycles. The molecule has 4 heteroatoms. The molecule has 21 heavy (non-hydrogen) atoms. The summed E-state index contributed by atoms with van der Waals surface area (Å²) in [5, 5.41) is 11.3. The van der Waals surface area contributed by atoms with E-state index in [-0.39, 0.29) is 10.8 Å². The van der Waals surface area contributed by atoms with Gasteiger partial charge in [-0.25, -0.2) is 0 Å². The average Bonchev–Trinajstić information content (AvgIpc) is 2.49. The minimum Gasteiger partial charge on any atom is -0.378 e. The minimum absolute atomic E-state index is 0.211. The third-order valence-electron chi connectivity index (χ3n) is 3.74. The molecule has 0 amide bonds.